The Balaban J connectivity index is 1.48. The van der Waals surface area contributed by atoms with E-state index in [9.17, 15) is 9.59 Å². The fourth-order valence-corrected chi connectivity index (χ4v) is 4.94. The van der Waals surface area contributed by atoms with E-state index in [0.717, 1.165) is 40.7 Å². The number of hydrogen-bond donors (Lipinski definition) is 1. The molecule has 0 aliphatic carbocycles. The van der Waals surface area contributed by atoms with Crippen molar-refractivity contribution in [3.8, 4) is 5.75 Å². The predicted octanol–water partition coefficient (Wildman–Crippen LogP) is 4.08. The molecular formula is C23H24N2O4S. The molecule has 30 heavy (non-hydrogen) atoms. The van der Waals surface area contributed by atoms with Gasteiger partial charge in [0, 0.05) is 18.0 Å². The van der Waals surface area contributed by atoms with Gasteiger partial charge in [0.2, 0.25) is 0 Å². The van der Waals surface area contributed by atoms with Gasteiger partial charge in [-0.3, -0.25) is 4.79 Å². The third kappa shape index (κ3) is 4.32. The fourth-order valence-electron chi connectivity index (χ4n) is 3.61. The molecule has 0 bridgehead atoms. The maximum atomic E-state index is 12.6. The summed E-state index contributed by atoms with van der Waals surface area (Å²) < 4.78 is 10.9. The number of thiophene rings is 1. The Kier molecular flexibility index (Phi) is 6.01. The van der Waals surface area contributed by atoms with Crippen molar-refractivity contribution in [3.05, 3.63) is 58.5 Å². The fraction of sp³-hybridized carbons (Fsp3) is 0.304. The number of carbonyl (C=O) groups excluding carboxylic acids is 2. The maximum absolute atomic E-state index is 12.6. The summed E-state index contributed by atoms with van der Waals surface area (Å²) in [4.78, 5) is 28.4. The van der Waals surface area contributed by atoms with Crippen molar-refractivity contribution < 1.29 is 19.1 Å². The Morgan fingerprint density at radius 1 is 1.17 bits per heavy atom. The van der Waals surface area contributed by atoms with Crippen LogP contribution in [0.15, 0.2) is 42.5 Å². The average Bonchev–Trinajstić information content (AvgIpc) is 3.09. The van der Waals surface area contributed by atoms with Crippen LogP contribution in [0.2, 0.25) is 0 Å². The Hall–Kier alpha value is -2.90. The van der Waals surface area contributed by atoms with E-state index in [0.29, 0.717) is 22.9 Å². The highest BCUT2D eigenvalue weighted by atomic mass is 32.1. The molecule has 0 atom stereocenters. The van der Waals surface area contributed by atoms with E-state index < -0.39 is 0 Å². The zero-order chi connectivity index (χ0) is 21.1. The molecule has 1 aromatic heterocycles. The van der Waals surface area contributed by atoms with Crippen LogP contribution in [-0.4, -0.2) is 43.6 Å². The first-order chi connectivity index (χ1) is 14.5. The summed E-state index contributed by atoms with van der Waals surface area (Å²) in [6.07, 6.45) is 0.764. The minimum absolute atomic E-state index is 0.136. The molecule has 1 N–H and O–H groups in total. The highest BCUT2D eigenvalue weighted by Gasteiger charge is 2.28. The minimum Gasteiger partial charge on any atom is -0.484 e. The van der Waals surface area contributed by atoms with Crippen molar-refractivity contribution in [1.82, 2.24) is 4.90 Å². The van der Waals surface area contributed by atoms with Crippen molar-refractivity contribution in [3.63, 3.8) is 0 Å². The lowest BCUT2D eigenvalue weighted by atomic mass is 10.0. The number of esters is 1. The second-order valence-corrected chi connectivity index (χ2v) is 8.37. The number of nitrogens with zero attached hydrogens (tertiary/aromatic N) is 1. The van der Waals surface area contributed by atoms with Crippen molar-refractivity contribution in [2.45, 2.75) is 19.9 Å². The summed E-state index contributed by atoms with van der Waals surface area (Å²) in [6.45, 7) is 3.56. The van der Waals surface area contributed by atoms with Gasteiger partial charge in [0.1, 0.15) is 10.8 Å². The smallest absolute Gasteiger partial charge is 0.341 e. The molecule has 3 aromatic rings. The molecule has 0 radical (unpaired) electrons. The number of carbonyl (C=O) groups is 2. The first-order valence-electron chi connectivity index (χ1n) is 9.96. The summed E-state index contributed by atoms with van der Waals surface area (Å²) in [5, 5.41) is 5.57. The van der Waals surface area contributed by atoms with E-state index in [2.05, 4.69) is 10.2 Å². The number of benzene rings is 2. The van der Waals surface area contributed by atoms with Crippen LogP contribution < -0.4 is 10.1 Å². The quantitative estimate of drug-likeness (QED) is 0.604. The van der Waals surface area contributed by atoms with Crippen LogP contribution in [-0.2, 0) is 22.5 Å². The minimum atomic E-state index is -0.384. The van der Waals surface area contributed by atoms with Gasteiger partial charge in [0.25, 0.3) is 5.91 Å². The number of likely N-dealkylation sites (N-methyl/N-ethyl adjacent to an activating group) is 1. The van der Waals surface area contributed by atoms with Crippen LogP contribution in [0.4, 0.5) is 5.00 Å². The molecule has 4 rings (SSSR count). The van der Waals surface area contributed by atoms with Crippen LogP contribution in [0.25, 0.3) is 10.8 Å². The lowest BCUT2D eigenvalue weighted by Crippen LogP contribution is -2.26. The molecule has 2 heterocycles. The van der Waals surface area contributed by atoms with Gasteiger partial charge in [0.15, 0.2) is 6.61 Å². The van der Waals surface area contributed by atoms with Gasteiger partial charge in [-0.05, 0) is 48.9 Å². The second-order valence-electron chi connectivity index (χ2n) is 7.26. The van der Waals surface area contributed by atoms with Gasteiger partial charge in [-0.2, -0.15) is 0 Å². The Labute approximate surface area is 179 Å². The molecule has 0 saturated heterocycles. The van der Waals surface area contributed by atoms with Gasteiger partial charge in [-0.1, -0.05) is 30.3 Å². The Morgan fingerprint density at radius 2 is 1.97 bits per heavy atom. The van der Waals surface area contributed by atoms with Gasteiger partial charge in [0.05, 0.1) is 12.2 Å². The van der Waals surface area contributed by atoms with Crippen LogP contribution in [0.1, 0.15) is 27.7 Å². The topological polar surface area (TPSA) is 67.9 Å². The van der Waals surface area contributed by atoms with Crippen molar-refractivity contribution in [2.24, 2.45) is 0 Å². The number of amides is 1. The van der Waals surface area contributed by atoms with Crippen LogP contribution in [0.5, 0.6) is 5.75 Å². The van der Waals surface area contributed by atoms with E-state index in [1.807, 2.05) is 49.5 Å². The van der Waals surface area contributed by atoms with Crippen molar-refractivity contribution in [2.75, 3.05) is 32.1 Å². The molecule has 156 valence electrons. The normalized spacial score (nSPS) is 13.7. The lowest BCUT2D eigenvalue weighted by Gasteiger charge is -2.22. The van der Waals surface area contributed by atoms with Crippen molar-refractivity contribution >= 4 is 39.0 Å². The molecule has 1 aliphatic heterocycles. The number of rotatable bonds is 6. The highest BCUT2D eigenvalue weighted by molar-refractivity contribution is 7.17. The van der Waals surface area contributed by atoms with E-state index in [1.54, 1.807) is 6.92 Å². The summed E-state index contributed by atoms with van der Waals surface area (Å²) in [7, 11) is 2.04. The van der Waals surface area contributed by atoms with Gasteiger partial charge in [-0.15, -0.1) is 11.3 Å². The molecule has 0 fully saturated rings. The lowest BCUT2D eigenvalue weighted by molar-refractivity contribution is -0.118. The summed E-state index contributed by atoms with van der Waals surface area (Å²) >= 11 is 1.44. The van der Waals surface area contributed by atoms with E-state index in [-0.39, 0.29) is 18.5 Å². The molecule has 0 saturated carbocycles. The first-order valence-corrected chi connectivity index (χ1v) is 10.8. The second kappa shape index (κ2) is 8.85. The van der Waals surface area contributed by atoms with Crippen molar-refractivity contribution in [1.29, 1.82) is 0 Å². The third-order valence-corrected chi connectivity index (χ3v) is 6.20. The van der Waals surface area contributed by atoms with Gasteiger partial charge < -0.3 is 19.7 Å². The molecule has 1 aliphatic rings. The van der Waals surface area contributed by atoms with E-state index in [4.69, 9.17) is 9.47 Å². The van der Waals surface area contributed by atoms with E-state index >= 15 is 0 Å². The Morgan fingerprint density at radius 3 is 2.77 bits per heavy atom. The molecular weight excluding hydrogens is 400 g/mol. The number of ether oxygens (including phenoxy) is 2. The standard InChI is InChI=1S/C23H24N2O4S/c1-3-28-23(27)21-18-10-11-25(2)13-19(18)30-22(21)24-20(26)14-29-17-9-8-15-6-4-5-7-16(15)12-17/h4-9,12H,3,10-11,13-14H2,1-2H3,(H,24,26). The summed E-state index contributed by atoms with van der Waals surface area (Å²) in [5.74, 6) is -0.0625. The summed E-state index contributed by atoms with van der Waals surface area (Å²) in [6, 6.07) is 13.7. The van der Waals surface area contributed by atoms with Crippen LogP contribution >= 0.6 is 11.3 Å². The number of nitrogens with one attached hydrogen (secondary N) is 1. The molecule has 2 aromatic carbocycles. The molecule has 1 amide bonds. The monoisotopic (exact) mass is 424 g/mol. The zero-order valence-electron chi connectivity index (χ0n) is 17.1. The highest BCUT2D eigenvalue weighted by Crippen LogP contribution is 2.37. The van der Waals surface area contributed by atoms with Crippen LogP contribution in [0, 0.1) is 0 Å². The Bertz CT molecular complexity index is 1090. The van der Waals surface area contributed by atoms with E-state index in [1.165, 1.54) is 11.3 Å². The number of hydrogen-bond acceptors (Lipinski definition) is 6. The number of fused-ring (bicyclic) bond motifs is 2. The molecule has 0 spiro atoms. The largest absolute Gasteiger partial charge is 0.484 e. The van der Waals surface area contributed by atoms with Crippen LogP contribution in [0.3, 0.4) is 0 Å². The number of anilines is 1. The average molecular weight is 425 g/mol. The SMILES string of the molecule is CCOC(=O)c1c(NC(=O)COc2ccc3ccccc3c2)sc2c1CCN(C)C2. The first kappa shape index (κ1) is 20.4. The predicted molar refractivity (Wildman–Crippen MR) is 118 cm³/mol. The van der Waals surface area contributed by atoms with Gasteiger partial charge in [-0.25, -0.2) is 4.79 Å². The molecule has 7 heteroatoms. The third-order valence-electron chi connectivity index (χ3n) is 5.07. The zero-order valence-corrected chi connectivity index (χ0v) is 17.9. The maximum Gasteiger partial charge on any atom is 0.341 e. The van der Waals surface area contributed by atoms with Gasteiger partial charge >= 0.3 is 5.97 Å². The summed E-state index contributed by atoms with van der Waals surface area (Å²) in [5.41, 5.74) is 1.48. The molecule has 0 unspecified atom stereocenters. The molecule has 6 nitrogen and oxygen atoms in total.